The Morgan fingerprint density at radius 2 is 1.80 bits per heavy atom. The van der Waals surface area contributed by atoms with Crippen LogP contribution >= 0.6 is 0 Å². The molecule has 1 aromatic heterocycles. The highest BCUT2D eigenvalue weighted by Gasteiger charge is 2.38. The number of anilines is 1. The monoisotopic (exact) mass is 478 g/mol. The van der Waals surface area contributed by atoms with Gasteiger partial charge in [-0.2, -0.15) is 0 Å². The van der Waals surface area contributed by atoms with Gasteiger partial charge in [0.2, 0.25) is 5.91 Å². The molecule has 35 heavy (non-hydrogen) atoms. The normalized spacial score (nSPS) is 25.2. The number of benzene rings is 1. The van der Waals surface area contributed by atoms with E-state index in [2.05, 4.69) is 49.8 Å². The minimum absolute atomic E-state index is 0.0390. The van der Waals surface area contributed by atoms with Crippen molar-refractivity contribution in [3.8, 4) is 0 Å². The largest absolute Gasteiger partial charge is 0.391 e. The number of hydrogen-bond donors (Lipinski definition) is 3. The summed E-state index contributed by atoms with van der Waals surface area (Å²) in [4.78, 5) is 37.1. The van der Waals surface area contributed by atoms with Gasteiger partial charge >= 0.3 is 0 Å². The number of aromatic nitrogens is 2. The summed E-state index contributed by atoms with van der Waals surface area (Å²) in [6.45, 7) is 4.80. The Balaban J connectivity index is 1.15. The highest BCUT2D eigenvalue weighted by atomic mass is 16.3. The van der Waals surface area contributed by atoms with Crippen molar-refractivity contribution >= 4 is 17.6 Å². The first-order chi connectivity index (χ1) is 17.0. The zero-order valence-electron chi connectivity index (χ0n) is 20.2. The van der Waals surface area contributed by atoms with Crippen molar-refractivity contribution in [1.82, 2.24) is 25.1 Å². The number of carbonyl (C=O) groups is 2. The Bertz CT molecular complexity index is 1070. The number of likely N-dealkylation sites (tertiary alicyclic amines) is 1. The second-order valence-corrected chi connectivity index (χ2v) is 9.98. The predicted octanol–water partition coefficient (Wildman–Crippen LogP) is 1.58. The van der Waals surface area contributed by atoms with Gasteiger partial charge in [-0.15, -0.1) is 0 Å². The average molecular weight is 479 g/mol. The maximum atomic E-state index is 12.9. The number of nitrogens with zero attached hydrogens (tertiary/aromatic N) is 4. The second-order valence-electron chi connectivity index (χ2n) is 9.98. The Morgan fingerprint density at radius 1 is 1.03 bits per heavy atom. The van der Waals surface area contributed by atoms with E-state index in [-0.39, 0.29) is 29.9 Å². The van der Waals surface area contributed by atoms with Crippen LogP contribution in [0.4, 0.5) is 5.82 Å². The first-order valence-corrected chi connectivity index (χ1v) is 12.6. The van der Waals surface area contributed by atoms with Gasteiger partial charge in [0.15, 0.2) is 0 Å². The van der Waals surface area contributed by atoms with Crippen molar-refractivity contribution in [2.45, 2.75) is 69.8 Å². The molecule has 0 radical (unpaired) electrons. The fourth-order valence-corrected chi connectivity index (χ4v) is 5.67. The second kappa shape index (κ2) is 10.3. The fourth-order valence-electron chi connectivity index (χ4n) is 5.67. The lowest BCUT2D eigenvalue weighted by atomic mass is 9.98. The molecule has 3 atom stereocenters. The molecule has 1 saturated carbocycles. The molecule has 9 heteroatoms. The number of aliphatic hydroxyl groups is 1. The summed E-state index contributed by atoms with van der Waals surface area (Å²) >= 11 is 0. The van der Waals surface area contributed by atoms with Gasteiger partial charge in [-0.1, -0.05) is 24.3 Å². The molecule has 1 aliphatic carbocycles. The molecule has 5 rings (SSSR count). The van der Waals surface area contributed by atoms with Crippen LogP contribution < -0.4 is 10.6 Å². The molecule has 1 aromatic carbocycles. The number of nitrogens with one attached hydrogen (secondary N) is 2. The molecule has 2 amide bonds. The van der Waals surface area contributed by atoms with Gasteiger partial charge in [0.05, 0.1) is 6.10 Å². The van der Waals surface area contributed by atoms with Crippen LogP contribution in [-0.4, -0.2) is 80.6 Å². The number of amides is 2. The number of aliphatic hydroxyl groups excluding tert-OH is 1. The quantitative estimate of drug-likeness (QED) is 0.598. The summed E-state index contributed by atoms with van der Waals surface area (Å²) in [5.41, 5.74) is 3.03. The van der Waals surface area contributed by atoms with Gasteiger partial charge in [-0.25, -0.2) is 9.97 Å². The number of piperidine rings is 1. The topological polar surface area (TPSA) is 111 Å². The van der Waals surface area contributed by atoms with Gasteiger partial charge in [0.25, 0.3) is 5.91 Å². The van der Waals surface area contributed by atoms with E-state index in [1.54, 1.807) is 13.0 Å². The molecule has 0 spiro atoms. The first-order valence-electron chi connectivity index (χ1n) is 12.6. The standard InChI is InChI=1S/C26H34N6O3/c1-17(33)31-10-7-20(8-11-31)29-25-14-22(27-16-28-25)26(35)30-21-12-23(24(34)13-21)32-9-6-18-4-2-3-5-19(18)15-32/h2-5,14,16,20-21,23-24,34H,6-13,15H2,1H3,(H,30,35)(H,27,28,29). The van der Waals surface area contributed by atoms with Crippen molar-refractivity contribution in [3.63, 3.8) is 0 Å². The SMILES string of the molecule is CC(=O)N1CCC(Nc2cc(C(=O)NC3CC(O)C(N4CCc5ccccc5C4)C3)ncn2)CC1. The summed E-state index contributed by atoms with van der Waals surface area (Å²) in [5.74, 6) is 0.472. The minimum Gasteiger partial charge on any atom is -0.391 e. The van der Waals surface area contributed by atoms with E-state index >= 15 is 0 Å². The molecule has 2 fully saturated rings. The summed E-state index contributed by atoms with van der Waals surface area (Å²) in [7, 11) is 0. The third kappa shape index (κ3) is 5.46. The van der Waals surface area contributed by atoms with Gasteiger partial charge in [-0.05, 0) is 43.2 Å². The number of carbonyl (C=O) groups excluding carboxylic acids is 2. The Morgan fingerprint density at radius 3 is 2.57 bits per heavy atom. The predicted molar refractivity (Wildman–Crippen MR) is 132 cm³/mol. The first kappa shape index (κ1) is 23.7. The zero-order chi connectivity index (χ0) is 24.4. The van der Waals surface area contributed by atoms with E-state index in [0.29, 0.717) is 17.9 Å². The van der Waals surface area contributed by atoms with Crippen LogP contribution in [0.1, 0.15) is 54.2 Å². The summed E-state index contributed by atoms with van der Waals surface area (Å²) in [6.07, 6.45) is 4.87. The lowest BCUT2D eigenvalue weighted by Crippen LogP contribution is -2.43. The minimum atomic E-state index is -0.464. The highest BCUT2D eigenvalue weighted by Crippen LogP contribution is 2.29. The molecule has 3 aliphatic rings. The summed E-state index contributed by atoms with van der Waals surface area (Å²) in [5, 5.41) is 17.2. The van der Waals surface area contributed by atoms with E-state index in [1.165, 1.54) is 17.5 Å². The van der Waals surface area contributed by atoms with Crippen molar-refractivity contribution in [3.05, 3.63) is 53.5 Å². The van der Waals surface area contributed by atoms with E-state index in [1.807, 2.05) is 4.90 Å². The van der Waals surface area contributed by atoms with Crippen LogP contribution in [0.3, 0.4) is 0 Å². The van der Waals surface area contributed by atoms with Gasteiger partial charge in [0.1, 0.15) is 17.8 Å². The zero-order valence-corrected chi connectivity index (χ0v) is 20.2. The Labute approximate surface area is 205 Å². The number of fused-ring (bicyclic) bond motifs is 1. The van der Waals surface area contributed by atoms with Crippen LogP contribution in [0.2, 0.25) is 0 Å². The molecule has 9 nitrogen and oxygen atoms in total. The molecular weight excluding hydrogens is 444 g/mol. The van der Waals surface area contributed by atoms with Gasteiger partial charge in [0, 0.05) is 57.3 Å². The fraction of sp³-hybridized carbons (Fsp3) is 0.538. The molecule has 3 heterocycles. The van der Waals surface area contributed by atoms with Gasteiger partial charge < -0.3 is 20.6 Å². The summed E-state index contributed by atoms with van der Waals surface area (Å²) < 4.78 is 0. The van der Waals surface area contributed by atoms with Crippen molar-refractivity contribution in [2.24, 2.45) is 0 Å². The van der Waals surface area contributed by atoms with Crippen LogP contribution in [0.5, 0.6) is 0 Å². The summed E-state index contributed by atoms with van der Waals surface area (Å²) in [6, 6.07) is 10.3. The molecular formula is C26H34N6O3. The lowest BCUT2D eigenvalue weighted by Gasteiger charge is -2.35. The van der Waals surface area contributed by atoms with E-state index in [9.17, 15) is 14.7 Å². The molecule has 2 aliphatic heterocycles. The van der Waals surface area contributed by atoms with Crippen LogP contribution in [0.25, 0.3) is 0 Å². The van der Waals surface area contributed by atoms with Crippen molar-refractivity contribution in [2.75, 3.05) is 25.0 Å². The highest BCUT2D eigenvalue weighted by molar-refractivity contribution is 5.93. The van der Waals surface area contributed by atoms with Crippen molar-refractivity contribution < 1.29 is 14.7 Å². The maximum absolute atomic E-state index is 12.9. The van der Waals surface area contributed by atoms with E-state index in [4.69, 9.17) is 0 Å². The van der Waals surface area contributed by atoms with Gasteiger partial charge in [-0.3, -0.25) is 14.5 Å². The number of rotatable bonds is 5. The van der Waals surface area contributed by atoms with E-state index < -0.39 is 6.10 Å². The molecule has 2 aromatic rings. The average Bonchev–Trinajstić information content (AvgIpc) is 3.24. The Hall–Kier alpha value is -3.04. The van der Waals surface area contributed by atoms with Crippen LogP contribution in [0, 0.1) is 0 Å². The lowest BCUT2D eigenvalue weighted by molar-refractivity contribution is -0.129. The van der Waals surface area contributed by atoms with Crippen molar-refractivity contribution in [1.29, 1.82) is 0 Å². The molecule has 1 saturated heterocycles. The molecule has 186 valence electrons. The van der Waals surface area contributed by atoms with Crippen LogP contribution in [0.15, 0.2) is 36.7 Å². The molecule has 0 bridgehead atoms. The smallest absolute Gasteiger partial charge is 0.270 e. The number of hydrogen-bond acceptors (Lipinski definition) is 7. The molecule has 3 N–H and O–H groups in total. The third-order valence-corrected chi connectivity index (χ3v) is 7.65. The molecule has 3 unspecified atom stereocenters. The van der Waals surface area contributed by atoms with Crippen LogP contribution in [-0.2, 0) is 17.8 Å². The van der Waals surface area contributed by atoms with E-state index in [0.717, 1.165) is 51.9 Å². The Kier molecular flexibility index (Phi) is 6.97. The maximum Gasteiger partial charge on any atom is 0.270 e. The third-order valence-electron chi connectivity index (χ3n) is 7.65.